The average Bonchev–Trinajstić information content (AvgIpc) is 2.47. The van der Waals surface area contributed by atoms with Gasteiger partial charge in [-0.3, -0.25) is 4.79 Å². The molecule has 1 aliphatic rings. The summed E-state index contributed by atoms with van der Waals surface area (Å²) in [7, 11) is 0. The molecule has 20 heavy (non-hydrogen) atoms. The minimum Gasteiger partial charge on any atom is -0.508 e. The van der Waals surface area contributed by atoms with Gasteiger partial charge in [0.05, 0.1) is 23.3 Å². The van der Waals surface area contributed by atoms with E-state index in [1.807, 2.05) is 0 Å². The molecule has 0 radical (unpaired) electrons. The van der Waals surface area contributed by atoms with E-state index < -0.39 is 0 Å². The van der Waals surface area contributed by atoms with Crippen LogP contribution >= 0.6 is 23.2 Å². The van der Waals surface area contributed by atoms with Crippen LogP contribution in [0.5, 0.6) is 5.75 Å². The molecular formula is C14H17Cl2NO3. The Kier molecular flexibility index (Phi) is 5.52. The molecule has 0 aromatic heterocycles. The Hall–Kier alpha value is -0.970. The van der Waals surface area contributed by atoms with Crippen molar-refractivity contribution in [1.82, 2.24) is 4.90 Å². The molecule has 1 fully saturated rings. The van der Waals surface area contributed by atoms with Crippen LogP contribution in [0.2, 0.25) is 5.02 Å². The van der Waals surface area contributed by atoms with Gasteiger partial charge in [0.2, 0.25) is 0 Å². The molecule has 1 saturated heterocycles. The number of rotatable bonds is 4. The van der Waals surface area contributed by atoms with Gasteiger partial charge in [-0.25, -0.2) is 0 Å². The largest absolute Gasteiger partial charge is 0.508 e. The normalized spacial score (nSPS) is 16.4. The molecule has 4 nitrogen and oxygen atoms in total. The molecule has 0 unspecified atom stereocenters. The molecular weight excluding hydrogens is 301 g/mol. The quantitative estimate of drug-likeness (QED) is 0.869. The first-order valence-corrected chi connectivity index (χ1v) is 7.48. The molecule has 1 amide bonds. The average molecular weight is 318 g/mol. The molecule has 0 spiro atoms. The fraction of sp³-hybridized carbons (Fsp3) is 0.500. The van der Waals surface area contributed by atoms with Crippen molar-refractivity contribution in [3.8, 4) is 5.75 Å². The number of ether oxygens (including phenoxy) is 1. The van der Waals surface area contributed by atoms with Crippen molar-refractivity contribution >= 4 is 29.1 Å². The van der Waals surface area contributed by atoms with Crippen LogP contribution in [0.25, 0.3) is 0 Å². The van der Waals surface area contributed by atoms with Crippen LogP contribution in [-0.4, -0.2) is 47.6 Å². The zero-order chi connectivity index (χ0) is 14.5. The van der Waals surface area contributed by atoms with Crippen LogP contribution in [0.1, 0.15) is 23.2 Å². The third-order valence-electron chi connectivity index (χ3n) is 3.34. The number of carbonyl (C=O) groups is 1. The molecule has 0 atom stereocenters. The van der Waals surface area contributed by atoms with E-state index in [9.17, 15) is 9.90 Å². The summed E-state index contributed by atoms with van der Waals surface area (Å²) in [4.78, 5) is 14.1. The first-order chi connectivity index (χ1) is 9.61. The minimum atomic E-state index is -0.151. The van der Waals surface area contributed by atoms with Crippen molar-refractivity contribution in [2.45, 2.75) is 18.9 Å². The minimum absolute atomic E-state index is 0.0399. The fourth-order valence-electron chi connectivity index (χ4n) is 2.28. The van der Waals surface area contributed by atoms with E-state index in [4.69, 9.17) is 27.9 Å². The highest BCUT2D eigenvalue weighted by atomic mass is 35.5. The maximum absolute atomic E-state index is 12.4. The Bertz CT molecular complexity index is 473. The van der Waals surface area contributed by atoms with Crippen molar-refractivity contribution in [1.29, 1.82) is 0 Å². The molecule has 1 N–H and O–H groups in total. The number of amides is 1. The van der Waals surface area contributed by atoms with Crippen molar-refractivity contribution in [3.05, 3.63) is 28.8 Å². The highest BCUT2D eigenvalue weighted by molar-refractivity contribution is 6.33. The van der Waals surface area contributed by atoms with Gasteiger partial charge in [-0.15, -0.1) is 11.6 Å². The Labute approximate surface area is 128 Å². The molecule has 1 aliphatic heterocycles. The molecule has 0 bridgehead atoms. The van der Waals surface area contributed by atoms with Gasteiger partial charge in [-0.05, 0) is 31.0 Å². The van der Waals surface area contributed by atoms with Gasteiger partial charge in [0, 0.05) is 19.0 Å². The van der Waals surface area contributed by atoms with Crippen LogP contribution < -0.4 is 0 Å². The molecule has 2 rings (SSSR count). The van der Waals surface area contributed by atoms with Crippen LogP contribution in [0.15, 0.2) is 18.2 Å². The third-order valence-corrected chi connectivity index (χ3v) is 3.82. The fourth-order valence-corrected chi connectivity index (χ4v) is 2.57. The summed E-state index contributed by atoms with van der Waals surface area (Å²) in [5.41, 5.74) is 0.340. The summed E-state index contributed by atoms with van der Waals surface area (Å²) < 4.78 is 5.57. The van der Waals surface area contributed by atoms with Crippen molar-refractivity contribution in [2.75, 3.05) is 25.6 Å². The molecule has 6 heteroatoms. The van der Waals surface area contributed by atoms with E-state index in [2.05, 4.69) is 0 Å². The maximum atomic E-state index is 12.4. The molecule has 1 heterocycles. The molecule has 110 valence electrons. The van der Waals surface area contributed by atoms with Gasteiger partial charge >= 0.3 is 0 Å². The standard InChI is InChI=1S/C14H17Cl2NO3/c15-5-8-20-11-3-6-17(7-4-11)14(19)12-9-10(18)1-2-13(12)16/h1-2,9,11,18H,3-8H2. The number of aromatic hydroxyl groups is 1. The molecule has 1 aromatic carbocycles. The van der Waals surface area contributed by atoms with Crippen LogP contribution in [0.3, 0.4) is 0 Å². The zero-order valence-corrected chi connectivity index (χ0v) is 12.5. The Morgan fingerprint density at radius 2 is 2.10 bits per heavy atom. The van der Waals surface area contributed by atoms with Gasteiger partial charge in [0.15, 0.2) is 0 Å². The van der Waals surface area contributed by atoms with E-state index in [0.29, 0.717) is 36.2 Å². The van der Waals surface area contributed by atoms with E-state index in [-0.39, 0.29) is 17.8 Å². The van der Waals surface area contributed by atoms with Crippen molar-refractivity contribution in [2.24, 2.45) is 0 Å². The smallest absolute Gasteiger partial charge is 0.255 e. The lowest BCUT2D eigenvalue weighted by Gasteiger charge is -2.32. The predicted octanol–water partition coefficient (Wildman–Crippen LogP) is 2.91. The molecule has 0 saturated carbocycles. The van der Waals surface area contributed by atoms with Crippen molar-refractivity contribution < 1.29 is 14.6 Å². The summed E-state index contributed by atoms with van der Waals surface area (Å²) in [6.07, 6.45) is 1.75. The number of alkyl halides is 1. The van der Waals surface area contributed by atoms with Gasteiger partial charge in [0.25, 0.3) is 5.91 Å². The number of phenolic OH excluding ortho intramolecular Hbond substituents is 1. The van der Waals surface area contributed by atoms with Crippen LogP contribution in [-0.2, 0) is 4.74 Å². The van der Waals surface area contributed by atoms with Gasteiger partial charge < -0.3 is 14.7 Å². The number of benzene rings is 1. The Balaban J connectivity index is 1.96. The van der Waals surface area contributed by atoms with E-state index in [0.717, 1.165) is 12.8 Å². The van der Waals surface area contributed by atoms with Gasteiger partial charge in [0.1, 0.15) is 5.75 Å². The number of piperidine rings is 1. The lowest BCUT2D eigenvalue weighted by molar-refractivity contribution is 0.0154. The second kappa shape index (κ2) is 7.16. The summed E-state index contributed by atoms with van der Waals surface area (Å²) in [5, 5.41) is 9.82. The SMILES string of the molecule is O=C(c1cc(O)ccc1Cl)N1CCC(OCCCl)CC1. The Morgan fingerprint density at radius 1 is 1.40 bits per heavy atom. The van der Waals surface area contributed by atoms with Crippen molar-refractivity contribution in [3.63, 3.8) is 0 Å². The highest BCUT2D eigenvalue weighted by Gasteiger charge is 2.25. The number of halogens is 2. The maximum Gasteiger partial charge on any atom is 0.255 e. The topological polar surface area (TPSA) is 49.8 Å². The summed E-state index contributed by atoms with van der Waals surface area (Å²) in [6.45, 7) is 1.79. The summed E-state index contributed by atoms with van der Waals surface area (Å²) in [5.74, 6) is 0.373. The summed E-state index contributed by atoms with van der Waals surface area (Å²) in [6, 6.07) is 4.40. The number of carbonyl (C=O) groups excluding carboxylic acids is 1. The van der Waals surface area contributed by atoms with E-state index in [1.54, 1.807) is 4.90 Å². The third kappa shape index (κ3) is 3.78. The monoisotopic (exact) mass is 317 g/mol. The number of likely N-dealkylation sites (tertiary alicyclic amines) is 1. The Morgan fingerprint density at radius 3 is 2.75 bits per heavy atom. The zero-order valence-electron chi connectivity index (χ0n) is 11.0. The number of hydrogen-bond acceptors (Lipinski definition) is 3. The van der Waals surface area contributed by atoms with Crippen LogP contribution in [0.4, 0.5) is 0 Å². The number of hydrogen-bond donors (Lipinski definition) is 1. The first kappa shape index (κ1) is 15.4. The molecule has 0 aliphatic carbocycles. The van der Waals surface area contributed by atoms with Gasteiger partial charge in [-0.2, -0.15) is 0 Å². The second-order valence-corrected chi connectivity index (χ2v) is 5.50. The van der Waals surface area contributed by atoms with Crippen LogP contribution in [0, 0.1) is 0 Å². The number of phenols is 1. The predicted molar refractivity (Wildman–Crippen MR) is 78.7 cm³/mol. The summed E-state index contributed by atoms with van der Waals surface area (Å²) >= 11 is 11.6. The highest BCUT2D eigenvalue weighted by Crippen LogP contribution is 2.24. The van der Waals surface area contributed by atoms with E-state index in [1.165, 1.54) is 18.2 Å². The number of nitrogens with zero attached hydrogens (tertiary/aromatic N) is 1. The second-order valence-electron chi connectivity index (χ2n) is 4.72. The lowest BCUT2D eigenvalue weighted by Crippen LogP contribution is -2.41. The first-order valence-electron chi connectivity index (χ1n) is 6.57. The van der Waals surface area contributed by atoms with E-state index >= 15 is 0 Å². The van der Waals surface area contributed by atoms with Gasteiger partial charge in [-0.1, -0.05) is 11.6 Å². The molecule has 1 aromatic rings. The lowest BCUT2D eigenvalue weighted by atomic mass is 10.1.